The molecule has 12 nitrogen and oxygen atoms in total. The molecule has 0 fully saturated rings. The molecule has 0 unspecified atom stereocenters. The number of benzene rings is 3. The van der Waals surface area contributed by atoms with Gasteiger partial charge in [0.15, 0.2) is 0 Å². The van der Waals surface area contributed by atoms with Crippen molar-refractivity contribution in [3.8, 4) is 0 Å². The number of amides is 8. The maximum atomic E-state index is 12.5. The van der Waals surface area contributed by atoms with Crippen molar-refractivity contribution in [2.75, 3.05) is 45.0 Å². The Morgan fingerprint density at radius 3 is 1.03 bits per heavy atom. The molecule has 8 amide bonds. The van der Waals surface area contributed by atoms with Crippen LogP contribution >= 0.6 is 0 Å². The minimum Gasteiger partial charge on any atom is -0.338 e. The summed E-state index contributed by atoms with van der Waals surface area (Å²) in [5.41, 5.74) is 2.71. The molecule has 198 valence electrons. The zero-order valence-electron chi connectivity index (χ0n) is 21.0. The Bertz CT molecular complexity index is 1180. The summed E-state index contributed by atoms with van der Waals surface area (Å²) >= 11 is 0. The van der Waals surface area contributed by atoms with E-state index in [0.717, 1.165) is 0 Å². The van der Waals surface area contributed by atoms with Crippen LogP contribution in [-0.4, -0.2) is 37.2 Å². The zero-order valence-corrected chi connectivity index (χ0v) is 21.0. The summed E-state index contributed by atoms with van der Waals surface area (Å²) in [5, 5.41) is 21.4. The van der Waals surface area contributed by atoms with Gasteiger partial charge in [-0.3, -0.25) is 0 Å². The second kappa shape index (κ2) is 13.7. The molecule has 0 aliphatic rings. The quantitative estimate of drug-likeness (QED) is 0.204. The van der Waals surface area contributed by atoms with Gasteiger partial charge < -0.3 is 42.5 Å². The number of hydrogen-bond donors (Lipinski definition) is 8. The standard InChI is InChI=1S/C26H30N8O4/c1-3-27-23(35)31-19-9-5-7-11-21(19)33-25(37)29-17-13-15-18(16-14-17)30-26(38)34-22-12-8-6-10-20(22)32-24(36)28-4-2/h5-16H,3-4H2,1-2H3,(H2,27,31,35)(H2,28,32,36)(H2,29,33,37)(H2,30,34,38). The molecule has 3 rings (SSSR count). The van der Waals surface area contributed by atoms with Crippen molar-refractivity contribution in [3.05, 3.63) is 72.8 Å². The van der Waals surface area contributed by atoms with E-state index in [9.17, 15) is 19.2 Å². The monoisotopic (exact) mass is 518 g/mol. The van der Waals surface area contributed by atoms with Gasteiger partial charge in [-0.1, -0.05) is 24.3 Å². The molecule has 3 aromatic rings. The molecule has 0 saturated carbocycles. The number of carbonyl (C=O) groups excluding carboxylic acids is 4. The van der Waals surface area contributed by atoms with Crippen molar-refractivity contribution in [3.63, 3.8) is 0 Å². The molecule has 0 spiro atoms. The van der Waals surface area contributed by atoms with Gasteiger partial charge in [-0.15, -0.1) is 0 Å². The number of rotatable bonds is 8. The Balaban J connectivity index is 1.55. The molecular weight excluding hydrogens is 488 g/mol. The van der Waals surface area contributed by atoms with Crippen LogP contribution in [0.4, 0.5) is 53.3 Å². The van der Waals surface area contributed by atoms with Crippen LogP contribution < -0.4 is 42.5 Å². The fourth-order valence-corrected chi connectivity index (χ4v) is 3.26. The van der Waals surface area contributed by atoms with E-state index in [1.165, 1.54) is 0 Å². The van der Waals surface area contributed by atoms with Crippen molar-refractivity contribution < 1.29 is 19.2 Å². The van der Waals surface area contributed by atoms with Crippen molar-refractivity contribution in [1.29, 1.82) is 0 Å². The van der Waals surface area contributed by atoms with Gasteiger partial charge in [0, 0.05) is 24.5 Å². The maximum absolute atomic E-state index is 12.5. The molecule has 0 bridgehead atoms. The van der Waals surface area contributed by atoms with Crippen LogP contribution in [0.1, 0.15) is 13.8 Å². The number of carbonyl (C=O) groups is 4. The van der Waals surface area contributed by atoms with Crippen LogP contribution in [0.15, 0.2) is 72.8 Å². The lowest BCUT2D eigenvalue weighted by Crippen LogP contribution is -2.29. The summed E-state index contributed by atoms with van der Waals surface area (Å²) in [4.78, 5) is 48.7. The van der Waals surface area contributed by atoms with Gasteiger partial charge in [-0.25, -0.2) is 19.2 Å². The summed E-state index contributed by atoms with van der Waals surface area (Å²) in [6.45, 7) is 4.54. The van der Waals surface area contributed by atoms with E-state index in [2.05, 4.69) is 42.5 Å². The normalized spacial score (nSPS) is 9.95. The molecular formula is C26H30N8O4. The molecule has 38 heavy (non-hydrogen) atoms. The first-order valence-electron chi connectivity index (χ1n) is 11.9. The molecule has 0 heterocycles. The Hall–Kier alpha value is -5.26. The predicted molar refractivity (Wildman–Crippen MR) is 150 cm³/mol. The third-order valence-corrected chi connectivity index (χ3v) is 4.92. The largest absolute Gasteiger partial charge is 0.338 e. The Kier molecular flexibility index (Phi) is 9.87. The minimum absolute atomic E-state index is 0.379. The molecule has 12 heteroatoms. The predicted octanol–water partition coefficient (Wildman–Crippen LogP) is 5.26. The second-order valence-corrected chi connectivity index (χ2v) is 7.80. The molecule has 0 saturated heterocycles. The summed E-state index contributed by atoms with van der Waals surface area (Å²) in [6.07, 6.45) is 0. The molecule has 0 atom stereocenters. The number of para-hydroxylation sites is 4. The zero-order chi connectivity index (χ0) is 27.3. The van der Waals surface area contributed by atoms with Crippen molar-refractivity contribution in [2.45, 2.75) is 13.8 Å². The van der Waals surface area contributed by atoms with Crippen LogP contribution in [0, 0.1) is 0 Å². The van der Waals surface area contributed by atoms with E-state index in [1.807, 2.05) is 0 Å². The van der Waals surface area contributed by atoms with Crippen LogP contribution in [0.25, 0.3) is 0 Å². The van der Waals surface area contributed by atoms with Crippen LogP contribution in [0.2, 0.25) is 0 Å². The van der Waals surface area contributed by atoms with E-state index in [1.54, 1.807) is 86.6 Å². The second-order valence-electron chi connectivity index (χ2n) is 7.80. The topological polar surface area (TPSA) is 165 Å². The Morgan fingerprint density at radius 2 is 0.737 bits per heavy atom. The SMILES string of the molecule is CCNC(=O)Nc1ccccc1NC(=O)Nc1ccc(NC(=O)Nc2ccccc2NC(=O)NCC)cc1. The molecule has 0 aromatic heterocycles. The number of nitrogens with one attached hydrogen (secondary N) is 8. The third-order valence-electron chi connectivity index (χ3n) is 4.92. The van der Waals surface area contributed by atoms with Gasteiger partial charge in [-0.2, -0.15) is 0 Å². The van der Waals surface area contributed by atoms with Crippen LogP contribution in [0.5, 0.6) is 0 Å². The summed E-state index contributed by atoms with van der Waals surface area (Å²) in [6, 6.07) is 18.3. The highest BCUT2D eigenvalue weighted by molar-refractivity contribution is 6.05. The highest BCUT2D eigenvalue weighted by atomic mass is 16.2. The smallest absolute Gasteiger partial charge is 0.323 e. The van der Waals surface area contributed by atoms with Crippen molar-refractivity contribution in [2.24, 2.45) is 0 Å². The highest BCUT2D eigenvalue weighted by Gasteiger charge is 2.11. The molecule has 3 aromatic carbocycles. The number of urea groups is 4. The summed E-state index contributed by atoms with van der Waals surface area (Å²) in [7, 11) is 0. The molecule has 8 N–H and O–H groups in total. The van der Waals surface area contributed by atoms with Crippen molar-refractivity contribution in [1.82, 2.24) is 10.6 Å². The summed E-state index contributed by atoms with van der Waals surface area (Å²) in [5.74, 6) is 0. The first-order chi connectivity index (χ1) is 18.4. The molecule has 0 aliphatic carbocycles. The fraction of sp³-hybridized carbons (Fsp3) is 0.154. The molecule has 0 radical (unpaired) electrons. The Labute approximate surface area is 220 Å². The lowest BCUT2D eigenvalue weighted by atomic mass is 10.2. The minimum atomic E-state index is -0.509. The maximum Gasteiger partial charge on any atom is 0.323 e. The lowest BCUT2D eigenvalue weighted by molar-refractivity contribution is 0.251. The first kappa shape index (κ1) is 27.3. The first-order valence-corrected chi connectivity index (χ1v) is 11.9. The average molecular weight is 519 g/mol. The van der Waals surface area contributed by atoms with E-state index in [-0.39, 0.29) is 12.1 Å². The number of anilines is 6. The molecule has 0 aliphatic heterocycles. The van der Waals surface area contributed by atoms with Crippen molar-refractivity contribution >= 4 is 58.2 Å². The highest BCUT2D eigenvalue weighted by Crippen LogP contribution is 2.23. The average Bonchev–Trinajstić information content (AvgIpc) is 2.88. The van der Waals surface area contributed by atoms with E-state index in [4.69, 9.17) is 0 Å². The fourth-order valence-electron chi connectivity index (χ4n) is 3.26. The van der Waals surface area contributed by atoms with Gasteiger partial charge in [0.25, 0.3) is 0 Å². The summed E-state index contributed by atoms with van der Waals surface area (Å²) < 4.78 is 0. The van der Waals surface area contributed by atoms with E-state index >= 15 is 0 Å². The van der Waals surface area contributed by atoms with Gasteiger partial charge in [0.1, 0.15) is 0 Å². The van der Waals surface area contributed by atoms with E-state index < -0.39 is 12.1 Å². The van der Waals surface area contributed by atoms with Crippen LogP contribution in [-0.2, 0) is 0 Å². The van der Waals surface area contributed by atoms with Gasteiger partial charge in [-0.05, 0) is 62.4 Å². The van der Waals surface area contributed by atoms with E-state index in [0.29, 0.717) is 47.2 Å². The Morgan fingerprint density at radius 1 is 0.447 bits per heavy atom. The van der Waals surface area contributed by atoms with Crippen LogP contribution in [0.3, 0.4) is 0 Å². The van der Waals surface area contributed by atoms with Gasteiger partial charge in [0.05, 0.1) is 22.7 Å². The van der Waals surface area contributed by atoms with Gasteiger partial charge >= 0.3 is 24.1 Å². The lowest BCUT2D eigenvalue weighted by Gasteiger charge is -2.14. The number of hydrogen-bond acceptors (Lipinski definition) is 4. The third kappa shape index (κ3) is 8.45. The van der Waals surface area contributed by atoms with Gasteiger partial charge in [0.2, 0.25) is 0 Å².